The maximum atomic E-state index is 10.6. The molecule has 0 fully saturated rings. The Hall–Kier alpha value is -2.92. The van der Waals surface area contributed by atoms with E-state index in [2.05, 4.69) is 30.1 Å². The summed E-state index contributed by atoms with van der Waals surface area (Å²) in [5.41, 5.74) is 6.24. The van der Waals surface area contributed by atoms with E-state index in [9.17, 15) is 5.11 Å². The van der Waals surface area contributed by atoms with Crippen LogP contribution in [0.25, 0.3) is 11.6 Å². The summed E-state index contributed by atoms with van der Waals surface area (Å²) in [6, 6.07) is 14.2. The highest BCUT2D eigenvalue weighted by atomic mass is 32.1. The molecule has 3 aromatic rings. The van der Waals surface area contributed by atoms with Gasteiger partial charge in [0.15, 0.2) is 4.80 Å². The van der Waals surface area contributed by atoms with Gasteiger partial charge in [-0.05, 0) is 43.2 Å². The monoisotopic (exact) mass is 361 g/mol. The van der Waals surface area contributed by atoms with Crippen LogP contribution in [0.15, 0.2) is 52.4 Å². The van der Waals surface area contributed by atoms with Gasteiger partial charge in [0.1, 0.15) is 0 Å². The van der Waals surface area contributed by atoms with Crippen molar-refractivity contribution in [2.24, 2.45) is 17.0 Å². The lowest BCUT2D eigenvalue weighted by Crippen LogP contribution is -2.09. The normalized spacial score (nSPS) is 15.0. The van der Waals surface area contributed by atoms with Crippen LogP contribution in [0.5, 0.6) is 5.88 Å². The molecular formula is C21H19N3OS. The summed E-state index contributed by atoms with van der Waals surface area (Å²) in [4.78, 5) is 10.7. The van der Waals surface area contributed by atoms with Crippen LogP contribution in [0.3, 0.4) is 0 Å². The average Bonchev–Trinajstić information content (AvgIpc) is 3.15. The van der Waals surface area contributed by atoms with Crippen molar-refractivity contribution in [3.63, 3.8) is 0 Å². The Bertz CT molecular complexity index is 1130. The number of hydrogen-bond acceptors (Lipinski definition) is 4. The molecule has 130 valence electrons. The van der Waals surface area contributed by atoms with Crippen molar-refractivity contribution in [1.82, 2.24) is 4.57 Å². The summed E-state index contributed by atoms with van der Waals surface area (Å²) in [5, 5.41) is 10.6. The van der Waals surface area contributed by atoms with E-state index in [4.69, 9.17) is 4.99 Å². The van der Waals surface area contributed by atoms with Gasteiger partial charge in [0.05, 0.1) is 16.3 Å². The third kappa shape index (κ3) is 2.91. The van der Waals surface area contributed by atoms with Gasteiger partial charge in [0, 0.05) is 24.4 Å². The van der Waals surface area contributed by atoms with Gasteiger partial charge in [-0.2, -0.15) is 0 Å². The molecule has 26 heavy (non-hydrogen) atoms. The van der Waals surface area contributed by atoms with Crippen molar-refractivity contribution in [2.75, 3.05) is 0 Å². The molecule has 2 aromatic carbocycles. The number of thiazole rings is 1. The molecule has 0 amide bonds. The molecule has 0 atom stereocenters. The molecule has 4 nitrogen and oxygen atoms in total. The fourth-order valence-electron chi connectivity index (χ4n) is 2.90. The number of aliphatic imine (C=N–C) groups is 1. The molecule has 1 aliphatic rings. The summed E-state index contributed by atoms with van der Waals surface area (Å²) < 4.78 is 1.72. The van der Waals surface area contributed by atoms with Gasteiger partial charge in [-0.3, -0.25) is 9.56 Å². The maximum absolute atomic E-state index is 10.6. The average molecular weight is 361 g/mol. The third-order valence-electron chi connectivity index (χ3n) is 4.45. The zero-order valence-corrected chi connectivity index (χ0v) is 15.7. The van der Waals surface area contributed by atoms with Gasteiger partial charge in [-0.15, -0.1) is 0 Å². The number of hydrogen-bond donors (Lipinski definition) is 1. The lowest BCUT2D eigenvalue weighted by atomic mass is 10.1. The zero-order valence-electron chi connectivity index (χ0n) is 14.9. The van der Waals surface area contributed by atoms with E-state index in [0.29, 0.717) is 0 Å². The predicted molar refractivity (Wildman–Crippen MR) is 109 cm³/mol. The van der Waals surface area contributed by atoms with Crippen LogP contribution >= 0.6 is 11.3 Å². The minimum Gasteiger partial charge on any atom is -0.493 e. The summed E-state index contributed by atoms with van der Waals surface area (Å²) in [6.07, 6.45) is 3.81. The van der Waals surface area contributed by atoms with E-state index in [-0.39, 0.29) is 5.88 Å². The van der Waals surface area contributed by atoms with E-state index in [1.807, 2.05) is 50.5 Å². The minimum atomic E-state index is 0.212. The first-order valence-corrected chi connectivity index (χ1v) is 9.20. The van der Waals surface area contributed by atoms with Crippen LogP contribution in [0.1, 0.15) is 21.6 Å². The van der Waals surface area contributed by atoms with E-state index >= 15 is 0 Å². The highest BCUT2D eigenvalue weighted by Crippen LogP contribution is 2.34. The van der Waals surface area contributed by atoms with Gasteiger partial charge in [-0.1, -0.05) is 41.7 Å². The van der Waals surface area contributed by atoms with E-state index < -0.39 is 0 Å². The summed E-state index contributed by atoms with van der Waals surface area (Å²) in [5.74, 6) is 0.212. The first-order valence-electron chi connectivity index (χ1n) is 8.39. The molecule has 1 aromatic heterocycles. The fourth-order valence-corrected chi connectivity index (χ4v) is 3.88. The second kappa shape index (κ2) is 6.42. The van der Waals surface area contributed by atoms with Crippen LogP contribution in [0.2, 0.25) is 0 Å². The molecule has 0 unspecified atom stereocenters. The molecule has 0 aliphatic carbocycles. The quantitative estimate of drug-likeness (QED) is 0.693. The molecule has 2 heterocycles. The minimum absolute atomic E-state index is 0.212. The Morgan fingerprint density at radius 1 is 1.15 bits per heavy atom. The first kappa shape index (κ1) is 16.5. The Labute approximate surface area is 156 Å². The number of rotatable bonds is 2. The Balaban J connectivity index is 1.81. The molecule has 4 rings (SSSR count). The maximum Gasteiger partial charge on any atom is 0.210 e. The molecule has 5 heteroatoms. The van der Waals surface area contributed by atoms with Gasteiger partial charge in [0.2, 0.25) is 5.88 Å². The number of aryl methyl sites for hydroxylation is 2. The molecule has 0 spiro atoms. The van der Waals surface area contributed by atoms with Crippen LogP contribution in [0, 0.1) is 13.8 Å². The summed E-state index contributed by atoms with van der Waals surface area (Å²) in [6.45, 7) is 4.09. The molecule has 0 radical (unpaired) electrons. The van der Waals surface area contributed by atoms with Crippen molar-refractivity contribution in [3.05, 3.63) is 68.8 Å². The lowest BCUT2D eigenvalue weighted by Gasteiger charge is -2.01. The van der Waals surface area contributed by atoms with Crippen molar-refractivity contribution < 1.29 is 5.11 Å². The predicted octanol–water partition coefficient (Wildman–Crippen LogP) is 4.90. The van der Waals surface area contributed by atoms with Gasteiger partial charge in [-0.25, -0.2) is 4.99 Å². The second-order valence-electron chi connectivity index (χ2n) is 6.41. The highest BCUT2D eigenvalue weighted by Gasteiger charge is 2.14. The Kier molecular flexibility index (Phi) is 4.09. The van der Waals surface area contributed by atoms with E-state index in [1.54, 1.807) is 4.57 Å². The summed E-state index contributed by atoms with van der Waals surface area (Å²) >= 11 is 1.47. The smallest absolute Gasteiger partial charge is 0.210 e. The third-order valence-corrected chi connectivity index (χ3v) is 5.52. The number of allylic oxidation sites excluding steroid dienone is 1. The molecule has 0 saturated heterocycles. The van der Waals surface area contributed by atoms with E-state index in [1.165, 1.54) is 16.9 Å². The van der Waals surface area contributed by atoms with Crippen LogP contribution in [0.4, 0.5) is 11.4 Å². The van der Waals surface area contributed by atoms with E-state index in [0.717, 1.165) is 37.8 Å². The number of para-hydroxylation sites is 1. The number of aromatic nitrogens is 1. The van der Waals surface area contributed by atoms with Gasteiger partial charge >= 0.3 is 0 Å². The second-order valence-corrected chi connectivity index (χ2v) is 7.42. The topological polar surface area (TPSA) is 49.9 Å². The molecular weight excluding hydrogens is 342 g/mol. The SMILES string of the molecule is Cc1ccc(C)c(N=c2sc(/C=C3/C=Nc4ccccc43)c(O)n2C)c1. The number of aromatic hydroxyl groups is 1. The standard InChI is InChI=1S/C21H19N3OS/c1-13-8-9-14(2)18(10-13)23-21-24(3)20(25)19(26-21)11-15-12-22-17-7-5-4-6-16(15)17/h4-12,25H,1-3H3/b15-11-,23-21?. The Morgan fingerprint density at radius 2 is 1.96 bits per heavy atom. The van der Waals surface area contributed by atoms with Crippen molar-refractivity contribution in [1.29, 1.82) is 0 Å². The highest BCUT2D eigenvalue weighted by molar-refractivity contribution is 7.10. The first-order chi connectivity index (χ1) is 12.5. The van der Waals surface area contributed by atoms with Crippen LogP contribution in [-0.4, -0.2) is 15.9 Å². The van der Waals surface area contributed by atoms with Crippen molar-refractivity contribution >= 4 is 40.6 Å². The number of benzene rings is 2. The Morgan fingerprint density at radius 3 is 2.81 bits per heavy atom. The number of fused-ring (bicyclic) bond motifs is 1. The summed E-state index contributed by atoms with van der Waals surface area (Å²) in [7, 11) is 1.83. The number of nitrogens with zero attached hydrogens (tertiary/aromatic N) is 3. The molecule has 1 aliphatic heterocycles. The van der Waals surface area contributed by atoms with Crippen LogP contribution < -0.4 is 4.80 Å². The van der Waals surface area contributed by atoms with Crippen molar-refractivity contribution in [3.8, 4) is 5.88 Å². The lowest BCUT2D eigenvalue weighted by molar-refractivity contribution is 0.427. The molecule has 1 N–H and O–H groups in total. The fraction of sp³-hybridized carbons (Fsp3) is 0.143. The van der Waals surface area contributed by atoms with Gasteiger partial charge in [0.25, 0.3) is 0 Å². The van der Waals surface area contributed by atoms with Crippen molar-refractivity contribution in [2.45, 2.75) is 13.8 Å². The molecule has 0 bridgehead atoms. The van der Waals surface area contributed by atoms with Gasteiger partial charge < -0.3 is 5.11 Å². The zero-order chi connectivity index (χ0) is 18.3. The molecule has 0 saturated carbocycles. The van der Waals surface area contributed by atoms with Crippen LogP contribution in [-0.2, 0) is 7.05 Å². The largest absolute Gasteiger partial charge is 0.493 e.